The topological polar surface area (TPSA) is 69.4 Å². The fourth-order valence-electron chi connectivity index (χ4n) is 0.950. The zero-order chi connectivity index (χ0) is 13.1. The van der Waals surface area contributed by atoms with E-state index >= 15 is 0 Å². The van der Waals surface area contributed by atoms with Gasteiger partial charge in [-0.2, -0.15) is 0 Å². The molecule has 1 aromatic carbocycles. The molecule has 0 saturated carbocycles. The molecule has 0 bridgehead atoms. The molecular formula is C9H6Br3NO4. The van der Waals surface area contributed by atoms with Crippen molar-refractivity contribution in [3.63, 3.8) is 0 Å². The van der Waals surface area contributed by atoms with E-state index in [4.69, 9.17) is 4.74 Å². The van der Waals surface area contributed by atoms with Gasteiger partial charge >= 0.3 is 5.97 Å². The lowest BCUT2D eigenvalue weighted by atomic mass is 10.2. The van der Waals surface area contributed by atoms with E-state index in [9.17, 15) is 14.9 Å². The second kappa shape index (κ2) is 5.92. The molecule has 1 rings (SSSR count). The van der Waals surface area contributed by atoms with Crippen molar-refractivity contribution in [2.45, 2.75) is 2.14 Å². The number of halogens is 3. The van der Waals surface area contributed by atoms with Gasteiger partial charge in [0.05, 0.1) is 10.5 Å². The number of ether oxygens (including phenoxy) is 1. The summed E-state index contributed by atoms with van der Waals surface area (Å²) in [5.41, 5.74) is 0.185. The Labute approximate surface area is 122 Å². The van der Waals surface area contributed by atoms with Crippen molar-refractivity contribution in [1.29, 1.82) is 0 Å². The first-order chi connectivity index (χ1) is 7.79. The summed E-state index contributed by atoms with van der Waals surface area (Å²) in [6, 6.07) is 5.19. The number of carbonyl (C=O) groups is 1. The number of nitro groups is 1. The molecular weight excluding hydrogens is 426 g/mol. The molecule has 0 radical (unpaired) electrons. The van der Waals surface area contributed by atoms with E-state index in [1.54, 1.807) is 0 Å². The molecule has 1 aromatic rings. The van der Waals surface area contributed by atoms with Crippen molar-refractivity contribution < 1.29 is 14.5 Å². The first-order valence-corrected chi connectivity index (χ1v) is 6.66. The average molecular weight is 432 g/mol. The molecule has 17 heavy (non-hydrogen) atoms. The number of nitrogens with zero attached hydrogens (tertiary/aromatic N) is 1. The Morgan fingerprint density at radius 2 is 1.82 bits per heavy atom. The Morgan fingerprint density at radius 1 is 1.29 bits per heavy atom. The van der Waals surface area contributed by atoms with E-state index in [0.717, 1.165) is 0 Å². The van der Waals surface area contributed by atoms with E-state index in [-0.39, 0.29) is 17.9 Å². The highest BCUT2D eigenvalue weighted by molar-refractivity contribution is 9.39. The lowest BCUT2D eigenvalue weighted by molar-refractivity contribution is -0.384. The van der Waals surface area contributed by atoms with Crippen LogP contribution in [0.25, 0.3) is 0 Å². The highest BCUT2D eigenvalue weighted by atomic mass is 80.0. The number of esters is 1. The zero-order valence-corrected chi connectivity index (χ0v) is 13.0. The molecule has 0 aliphatic rings. The highest BCUT2D eigenvalue weighted by Crippen LogP contribution is 2.33. The fourth-order valence-corrected chi connectivity index (χ4v) is 1.29. The molecule has 0 unspecified atom stereocenters. The molecule has 92 valence electrons. The van der Waals surface area contributed by atoms with Crippen molar-refractivity contribution in [1.82, 2.24) is 0 Å². The number of non-ortho nitro benzene ring substituents is 1. The number of carbonyl (C=O) groups excluding carboxylic acids is 1. The number of hydrogen-bond acceptors (Lipinski definition) is 4. The number of rotatable bonds is 3. The molecule has 8 heteroatoms. The van der Waals surface area contributed by atoms with Crippen LogP contribution in [-0.4, -0.2) is 19.6 Å². The second-order valence-corrected chi connectivity index (χ2v) is 10.2. The minimum absolute atomic E-state index is 0.0584. The van der Waals surface area contributed by atoms with Crippen LogP contribution in [0.5, 0.6) is 0 Å². The average Bonchev–Trinajstić information content (AvgIpc) is 2.25. The van der Waals surface area contributed by atoms with Crippen LogP contribution in [0, 0.1) is 10.1 Å². The molecule has 0 amide bonds. The molecule has 0 atom stereocenters. The minimum atomic E-state index is -0.663. The summed E-state index contributed by atoms with van der Waals surface area (Å²) >= 11 is 9.53. The summed E-state index contributed by atoms with van der Waals surface area (Å²) in [7, 11) is 0. The highest BCUT2D eigenvalue weighted by Gasteiger charge is 2.21. The molecule has 0 spiro atoms. The van der Waals surface area contributed by atoms with Gasteiger partial charge in [-0.25, -0.2) is 4.79 Å². The van der Waals surface area contributed by atoms with Gasteiger partial charge in [0.15, 0.2) is 2.14 Å². The summed E-state index contributed by atoms with van der Waals surface area (Å²) in [5.74, 6) is -0.553. The summed E-state index contributed by atoms with van der Waals surface area (Å²) < 4.78 is 4.28. The molecule has 0 aromatic heterocycles. The van der Waals surface area contributed by atoms with Crippen molar-refractivity contribution in [3.8, 4) is 0 Å². The summed E-state index contributed by atoms with van der Waals surface area (Å²) in [5, 5.41) is 10.4. The smallest absolute Gasteiger partial charge is 0.338 e. The lowest BCUT2D eigenvalue weighted by Gasteiger charge is -2.12. The third-order valence-corrected chi connectivity index (χ3v) is 2.37. The summed E-state index contributed by atoms with van der Waals surface area (Å²) in [6.07, 6.45) is 0. The van der Waals surface area contributed by atoms with E-state index in [1.165, 1.54) is 24.3 Å². The number of nitro benzene ring substituents is 1. The van der Waals surface area contributed by atoms with E-state index < -0.39 is 13.0 Å². The van der Waals surface area contributed by atoms with Crippen molar-refractivity contribution in [3.05, 3.63) is 39.9 Å². The van der Waals surface area contributed by atoms with Crippen molar-refractivity contribution in [2.24, 2.45) is 0 Å². The quantitative estimate of drug-likeness (QED) is 0.317. The largest absolute Gasteiger partial charge is 0.459 e. The van der Waals surface area contributed by atoms with Crippen LogP contribution >= 0.6 is 47.8 Å². The molecule has 0 heterocycles. The van der Waals surface area contributed by atoms with E-state index in [2.05, 4.69) is 47.8 Å². The van der Waals surface area contributed by atoms with E-state index in [0.29, 0.717) is 0 Å². The monoisotopic (exact) mass is 429 g/mol. The van der Waals surface area contributed by atoms with Gasteiger partial charge in [-0.05, 0) is 12.1 Å². The molecule has 0 saturated heterocycles. The number of hydrogen-bond donors (Lipinski definition) is 0. The number of benzene rings is 1. The van der Waals surface area contributed by atoms with Crippen LogP contribution in [0.1, 0.15) is 10.4 Å². The van der Waals surface area contributed by atoms with E-state index in [1.807, 2.05) is 0 Å². The van der Waals surface area contributed by atoms with Crippen molar-refractivity contribution in [2.75, 3.05) is 6.61 Å². The van der Waals surface area contributed by atoms with Gasteiger partial charge in [0.2, 0.25) is 0 Å². The first kappa shape index (κ1) is 14.6. The van der Waals surface area contributed by atoms with Gasteiger partial charge in [0.25, 0.3) is 5.69 Å². The van der Waals surface area contributed by atoms with Gasteiger partial charge in [-0.1, -0.05) is 47.8 Å². The Kier molecular flexibility index (Phi) is 5.08. The third kappa shape index (κ3) is 5.13. The Bertz CT molecular complexity index is 427. The van der Waals surface area contributed by atoms with Crippen LogP contribution in [0.3, 0.4) is 0 Å². The molecule has 0 aliphatic heterocycles. The fraction of sp³-hybridized carbons (Fsp3) is 0.222. The Morgan fingerprint density at radius 3 is 2.24 bits per heavy atom. The maximum atomic E-state index is 11.5. The Balaban J connectivity index is 2.67. The van der Waals surface area contributed by atoms with Crippen LogP contribution in [-0.2, 0) is 4.74 Å². The van der Waals surface area contributed by atoms with Gasteiger partial charge < -0.3 is 4.74 Å². The normalized spacial score (nSPS) is 11.0. The van der Waals surface area contributed by atoms with Crippen LogP contribution in [0.2, 0.25) is 0 Å². The SMILES string of the molecule is O=C(OCC(Br)(Br)Br)c1ccc([N+](=O)[O-])cc1. The maximum Gasteiger partial charge on any atom is 0.338 e. The van der Waals surface area contributed by atoms with Crippen LogP contribution in [0.15, 0.2) is 24.3 Å². The van der Waals surface area contributed by atoms with Gasteiger partial charge in [0, 0.05) is 12.1 Å². The predicted molar refractivity (Wildman–Crippen MR) is 72.9 cm³/mol. The predicted octanol–water partition coefficient (Wildman–Crippen LogP) is 3.59. The molecule has 5 nitrogen and oxygen atoms in total. The maximum absolute atomic E-state index is 11.5. The summed E-state index contributed by atoms with van der Waals surface area (Å²) in [6.45, 7) is 0.0584. The third-order valence-electron chi connectivity index (χ3n) is 1.68. The minimum Gasteiger partial charge on any atom is -0.459 e. The summed E-state index contributed by atoms with van der Waals surface area (Å²) in [4.78, 5) is 21.4. The molecule has 0 fully saturated rings. The first-order valence-electron chi connectivity index (χ1n) is 4.28. The molecule has 0 N–H and O–H groups in total. The zero-order valence-electron chi connectivity index (χ0n) is 8.23. The van der Waals surface area contributed by atoms with Crippen LogP contribution < -0.4 is 0 Å². The standard InChI is InChI=1S/C9H6Br3NO4/c10-9(11,12)5-17-8(14)6-1-3-7(4-2-6)13(15)16/h1-4H,5H2. The van der Waals surface area contributed by atoms with Crippen molar-refractivity contribution >= 4 is 59.4 Å². The van der Waals surface area contributed by atoms with Gasteiger partial charge in [0.1, 0.15) is 6.61 Å². The van der Waals surface area contributed by atoms with Gasteiger partial charge in [-0.15, -0.1) is 0 Å². The lowest BCUT2D eigenvalue weighted by Crippen LogP contribution is -2.15. The van der Waals surface area contributed by atoms with Gasteiger partial charge in [-0.3, -0.25) is 10.1 Å². The second-order valence-electron chi connectivity index (χ2n) is 3.00. The Hall–Kier alpha value is -0.470. The molecule has 0 aliphatic carbocycles. The van der Waals surface area contributed by atoms with Crippen LogP contribution in [0.4, 0.5) is 5.69 Å². The number of alkyl halides is 3.